The van der Waals surface area contributed by atoms with E-state index in [-0.39, 0.29) is 11.9 Å². The van der Waals surface area contributed by atoms with Gasteiger partial charge in [0.15, 0.2) is 0 Å². The largest absolute Gasteiger partial charge is 0.353 e. The van der Waals surface area contributed by atoms with Crippen LogP contribution in [0.1, 0.15) is 19.8 Å². The summed E-state index contributed by atoms with van der Waals surface area (Å²) in [6.45, 7) is 6.68. The van der Waals surface area contributed by atoms with Gasteiger partial charge in [-0.05, 0) is 13.3 Å². The van der Waals surface area contributed by atoms with Gasteiger partial charge >= 0.3 is 0 Å². The molecule has 1 amide bonds. The first-order valence-electron chi connectivity index (χ1n) is 5.43. The second-order valence-corrected chi connectivity index (χ2v) is 5.07. The minimum atomic E-state index is 0.143. The molecule has 1 rings (SSSR count). The molecule has 2 unspecified atom stereocenters. The summed E-state index contributed by atoms with van der Waals surface area (Å²) in [6, 6.07) is 0.547. The van der Waals surface area contributed by atoms with Crippen molar-refractivity contribution in [2.24, 2.45) is 0 Å². The summed E-state index contributed by atoms with van der Waals surface area (Å²) in [7, 11) is 0. The highest BCUT2D eigenvalue weighted by atomic mass is 32.2. The molecule has 86 valence electrons. The molecule has 4 heteroatoms. The van der Waals surface area contributed by atoms with Crippen LogP contribution in [0.25, 0.3) is 0 Å². The number of nitrogens with one attached hydrogen (secondary N) is 2. The number of rotatable bonds is 5. The molecule has 0 bridgehead atoms. The van der Waals surface area contributed by atoms with E-state index in [0.717, 1.165) is 24.5 Å². The minimum absolute atomic E-state index is 0.143. The van der Waals surface area contributed by atoms with Crippen LogP contribution in [0.4, 0.5) is 0 Å². The Morgan fingerprint density at radius 1 is 1.80 bits per heavy atom. The molecule has 0 aromatic carbocycles. The summed E-state index contributed by atoms with van der Waals surface area (Å²) in [5, 5.41) is 6.32. The van der Waals surface area contributed by atoms with E-state index in [2.05, 4.69) is 17.2 Å². The molecule has 0 aliphatic carbocycles. The van der Waals surface area contributed by atoms with E-state index in [1.54, 1.807) is 0 Å². The molecule has 0 aromatic rings. The van der Waals surface area contributed by atoms with Crippen molar-refractivity contribution >= 4 is 17.7 Å². The van der Waals surface area contributed by atoms with Gasteiger partial charge in [-0.1, -0.05) is 6.08 Å². The fourth-order valence-corrected chi connectivity index (χ4v) is 2.57. The van der Waals surface area contributed by atoms with Crippen LogP contribution in [0.2, 0.25) is 0 Å². The van der Waals surface area contributed by atoms with E-state index in [4.69, 9.17) is 0 Å². The third kappa shape index (κ3) is 5.23. The van der Waals surface area contributed by atoms with Crippen LogP contribution in [0.15, 0.2) is 12.7 Å². The first-order chi connectivity index (χ1) is 7.22. The van der Waals surface area contributed by atoms with Gasteiger partial charge in [0.1, 0.15) is 0 Å². The van der Waals surface area contributed by atoms with Crippen molar-refractivity contribution < 1.29 is 4.79 Å². The van der Waals surface area contributed by atoms with Crippen LogP contribution in [0.5, 0.6) is 0 Å². The van der Waals surface area contributed by atoms with Gasteiger partial charge in [-0.15, -0.1) is 6.58 Å². The zero-order valence-electron chi connectivity index (χ0n) is 9.29. The molecule has 1 heterocycles. The number of thioether (sulfide) groups is 1. The summed E-state index contributed by atoms with van der Waals surface area (Å²) >= 11 is 1.92. The minimum Gasteiger partial charge on any atom is -0.353 e. The third-order valence-corrected chi connectivity index (χ3v) is 3.49. The Labute approximate surface area is 96.1 Å². The summed E-state index contributed by atoms with van der Waals surface area (Å²) in [5.74, 6) is 2.35. The summed E-state index contributed by atoms with van der Waals surface area (Å²) < 4.78 is 0. The Morgan fingerprint density at radius 2 is 2.60 bits per heavy atom. The van der Waals surface area contributed by atoms with E-state index in [0.29, 0.717) is 12.5 Å². The molecule has 2 atom stereocenters. The van der Waals surface area contributed by atoms with Gasteiger partial charge < -0.3 is 10.6 Å². The maximum Gasteiger partial charge on any atom is 0.221 e. The molecule has 1 aliphatic rings. The lowest BCUT2D eigenvalue weighted by Crippen LogP contribution is -2.42. The Hall–Kier alpha value is -0.480. The monoisotopic (exact) mass is 228 g/mol. The Bertz CT molecular complexity index is 215. The summed E-state index contributed by atoms with van der Waals surface area (Å²) in [5.41, 5.74) is 0. The lowest BCUT2D eigenvalue weighted by Gasteiger charge is -2.23. The van der Waals surface area contributed by atoms with Crippen molar-refractivity contribution in [3.63, 3.8) is 0 Å². The fourth-order valence-electron chi connectivity index (χ4n) is 1.62. The second-order valence-electron chi connectivity index (χ2n) is 3.92. The van der Waals surface area contributed by atoms with Crippen molar-refractivity contribution in [2.45, 2.75) is 31.8 Å². The van der Waals surface area contributed by atoms with Gasteiger partial charge in [0.2, 0.25) is 5.91 Å². The first-order valence-corrected chi connectivity index (χ1v) is 6.59. The van der Waals surface area contributed by atoms with E-state index in [1.165, 1.54) is 0 Å². The lowest BCUT2D eigenvalue weighted by atomic mass is 10.2. The molecule has 1 saturated heterocycles. The maximum atomic E-state index is 11.6. The van der Waals surface area contributed by atoms with E-state index < -0.39 is 0 Å². The highest BCUT2D eigenvalue weighted by Gasteiger charge is 2.17. The van der Waals surface area contributed by atoms with Crippen molar-refractivity contribution in [3.05, 3.63) is 12.7 Å². The molecule has 1 fully saturated rings. The maximum absolute atomic E-state index is 11.6. The number of hydrogen-bond acceptors (Lipinski definition) is 3. The van der Waals surface area contributed by atoms with Crippen LogP contribution in [-0.4, -0.2) is 36.0 Å². The predicted octanol–water partition coefficient (Wildman–Crippen LogP) is 1.16. The van der Waals surface area contributed by atoms with Crippen LogP contribution in [0.3, 0.4) is 0 Å². The first kappa shape index (κ1) is 12.6. The number of carbonyl (C=O) groups is 1. The number of hydrogen-bond donors (Lipinski definition) is 2. The van der Waals surface area contributed by atoms with Crippen molar-refractivity contribution in [1.82, 2.24) is 10.6 Å². The van der Waals surface area contributed by atoms with Crippen molar-refractivity contribution in [2.75, 3.05) is 18.1 Å². The fraction of sp³-hybridized carbons (Fsp3) is 0.727. The Morgan fingerprint density at radius 3 is 3.20 bits per heavy atom. The molecule has 1 aliphatic heterocycles. The molecular weight excluding hydrogens is 208 g/mol. The molecule has 3 nitrogen and oxygen atoms in total. The van der Waals surface area contributed by atoms with Gasteiger partial charge in [0.25, 0.3) is 0 Å². The van der Waals surface area contributed by atoms with E-state index >= 15 is 0 Å². The SMILES string of the molecule is C=CCC(C)NC(=O)CC1CSCCN1. The van der Waals surface area contributed by atoms with Gasteiger partial charge in [-0.2, -0.15) is 11.8 Å². The quantitative estimate of drug-likeness (QED) is 0.694. The van der Waals surface area contributed by atoms with E-state index in [1.807, 2.05) is 24.8 Å². The van der Waals surface area contributed by atoms with Crippen LogP contribution >= 0.6 is 11.8 Å². The zero-order valence-corrected chi connectivity index (χ0v) is 10.1. The molecule has 0 saturated carbocycles. The smallest absolute Gasteiger partial charge is 0.221 e. The van der Waals surface area contributed by atoms with Gasteiger partial charge in [-0.25, -0.2) is 0 Å². The highest BCUT2D eigenvalue weighted by Crippen LogP contribution is 2.10. The normalized spacial score (nSPS) is 23.1. The molecule has 15 heavy (non-hydrogen) atoms. The standard InChI is InChI=1S/C11H20N2OS/c1-3-4-9(2)13-11(14)7-10-8-15-6-5-12-10/h3,9-10,12H,1,4-8H2,2H3,(H,13,14). The predicted molar refractivity (Wildman–Crippen MR) is 66.2 cm³/mol. The van der Waals surface area contributed by atoms with Crippen LogP contribution < -0.4 is 10.6 Å². The van der Waals surface area contributed by atoms with Crippen LogP contribution in [0, 0.1) is 0 Å². The van der Waals surface area contributed by atoms with Crippen molar-refractivity contribution in [3.8, 4) is 0 Å². The lowest BCUT2D eigenvalue weighted by molar-refractivity contribution is -0.122. The van der Waals surface area contributed by atoms with Crippen molar-refractivity contribution in [1.29, 1.82) is 0 Å². The average molecular weight is 228 g/mol. The third-order valence-electron chi connectivity index (χ3n) is 2.36. The molecular formula is C11H20N2OS. The molecule has 0 spiro atoms. The average Bonchev–Trinajstić information content (AvgIpc) is 2.19. The van der Waals surface area contributed by atoms with E-state index in [9.17, 15) is 4.79 Å². The summed E-state index contributed by atoms with van der Waals surface area (Å²) in [4.78, 5) is 11.6. The molecule has 2 N–H and O–H groups in total. The van der Waals surface area contributed by atoms with Crippen LogP contribution in [-0.2, 0) is 4.79 Å². The number of amides is 1. The number of carbonyl (C=O) groups excluding carboxylic acids is 1. The molecule has 0 aromatic heterocycles. The summed E-state index contributed by atoms with van der Waals surface area (Å²) in [6.07, 6.45) is 3.26. The van der Waals surface area contributed by atoms with Gasteiger partial charge in [0, 0.05) is 36.6 Å². The van der Waals surface area contributed by atoms with Gasteiger partial charge in [0.05, 0.1) is 0 Å². The Balaban J connectivity index is 2.19. The highest BCUT2D eigenvalue weighted by molar-refractivity contribution is 7.99. The topological polar surface area (TPSA) is 41.1 Å². The molecule has 0 radical (unpaired) electrons. The van der Waals surface area contributed by atoms with Gasteiger partial charge in [-0.3, -0.25) is 4.79 Å². The zero-order chi connectivity index (χ0) is 11.1. The Kier molecular flexibility index (Phi) is 5.79. The second kappa shape index (κ2) is 6.90.